The number of nitro benzene ring substituents is 1. The predicted octanol–water partition coefficient (Wildman–Crippen LogP) is 2.64. The first-order valence-corrected chi connectivity index (χ1v) is 6.21. The fourth-order valence-electron chi connectivity index (χ4n) is 1.61. The zero-order valence-electron chi connectivity index (χ0n) is 9.74. The summed E-state index contributed by atoms with van der Waals surface area (Å²) in [5, 5.41) is 21.4. The maximum absolute atomic E-state index is 10.5. The number of aliphatic hydroxyl groups excluding tert-OH is 1. The normalized spacial score (nSPS) is 12.3. The Kier molecular flexibility index (Phi) is 3.69. The van der Waals surface area contributed by atoms with Gasteiger partial charge in [-0.3, -0.25) is 10.1 Å². The Balaban J connectivity index is 2.07. The minimum atomic E-state index is -0.613. The molecule has 0 saturated carbocycles. The molecule has 0 amide bonds. The summed E-state index contributed by atoms with van der Waals surface area (Å²) >= 11 is 1.45. The van der Waals surface area contributed by atoms with Crippen molar-refractivity contribution >= 4 is 17.0 Å². The van der Waals surface area contributed by atoms with Crippen LogP contribution in [0, 0.1) is 17.0 Å². The highest BCUT2D eigenvalue weighted by Crippen LogP contribution is 2.24. The molecule has 1 N–H and O–H groups in total. The van der Waals surface area contributed by atoms with Gasteiger partial charge in [0.1, 0.15) is 0 Å². The molecule has 0 spiro atoms. The highest BCUT2D eigenvalue weighted by atomic mass is 32.1. The van der Waals surface area contributed by atoms with E-state index in [1.54, 1.807) is 18.3 Å². The van der Waals surface area contributed by atoms with Gasteiger partial charge in [-0.05, 0) is 12.5 Å². The molecule has 6 heteroatoms. The van der Waals surface area contributed by atoms with E-state index in [4.69, 9.17) is 0 Å². The van der Waals surface area contributed by atoms with Crippen molar-refractivity contribution in [3.05, 3.63) is 56.0 Å². The molecule has 0 radical (unpaired) electrons. The van der Waals surface area contributed by atoms with Crippen LogP contribution in [0.5, 0.6) is 0 Å². The zero-order chi connectivity index (χ0) is 13.1. The van der Waals surface area contributed by atoms with E-state index in [0.717, 1.165) is 15.4 Å². The van der Waals surface area contributed by atoms with Gasteiger partial charge < -0.3 is 5.11 Å². The Morgan fingerprint density at radius 2 is 2.11 bits per heavy atom. The fraction of sp³-hybridized carbons (Fsp3) is 0.250. The van der Waals surface area contributed by atoms with Gasteiger partial charge in [-0.15, -0.1) is 11.3 Å². The Hall–Kier alpha value is -1.79. The Bertz CT molecular complexity index is 551. The largest absolute Gasteiger partial charge is 0.387 e. The van der Waals surface area contributed by atoms with Crippen LogP contribution in [0.2, 0.25) is 0 Å². The van der Waals surface area contributed by atoms with Crippen LogP contribution in [0.25, 0.3) is 0 Å². The molecule has 0 saturated heterocycles. The van der Waals surface area contributed by atoms with E-state index >= 15 is 0 Å². The fourth-order valence-corrected chi connectivity index (χ4v) is 2.38. The van der Waals surface area contributed by atoms with Crippen molar-refractivity contribution in [2.75, 3.05) is 0 Å². The molecule has 1 atom stereocenters. The van der Waals surface area contributed by atoms with Crippen LogP contribution in [0.3, 0.4) is 0 Å². The summed E-state index contributed by atoms with van der Waals surface area (Å²) in [5.41, 5.74) is 0.918. The van der Waals surface area contributed by atoms with Crippen molar-refractivity contribution in [1.82, 2.24) is 4.98 Å². The van der Waals surface area contributed by atoms with Gasteiger partial charge in [-0.1, -0.05) is 12.1 Å². The summed E-state index contributed by atoms with van der Waals surface area (Å²) in [6.07, 6.45) is 1.48. The smallest absolute Gasteiger partial charge is 0.269 e. The first-order valence-electron chi connectivity index (χ1n) is 5.40. The van der Waals surface area contributed by atoms with E-state index in [0.29, 0.717) is 6.42 Å². The number of hydrogen-bond donors (Lipinski definition) is 1. The van der Waals surface area contributed by atoms with Crippen molar-refractivity contribution in [3.63, 3.8) is 0 Å². The molecule has 5 nitrogen and oxygen atoms in total. The van der Waals surface area contributed by atoms with Crippen LogP contribution >= 0.6 is 11.3 Å². The molecule has 2 aromatic rings. The minimum absolute atomic E-state index is 0.0573. The number of hydrogen-bond acceptors (Lipinski definition) is 5. The monoisotopic (exact) mass is 264 g/mol. The zero-order valence-corrected chi connectivity index (χ0v) is 10.6. The molecule has 18 heavy (non-hydrogen) atoms. The van der Waals surface area contributed by atoms with E-state index < -0.39 is 11.0 Å². The molecule has 94 valence electrons. The van der Waals surface area contributed by atoms with Gasteiger partial charge in [0, 0.05) is 24.8 Å². The van der Waals surface area contributed by atoms with Crippen LogP contribution in [0.1, 0.15) is 21.6 Å². The number of benzene rings is 1. The highest BCUT2D eigenvalue weighted by Gasteiger charge is 2.12. The van der Waals surface area contributed by atoms with Crippen LogP contribution < -0.4 is 0 Å². The van der Waals surface area contributed by atoms with Gasteiger partial charge in [-0.25, -0.2) is 4.98 Å². The summed E-state index contributed by atoms with van der Waals surface area (Å²) < 4.78 is 0. The summed E-state index contributed by atoms with van der Waals surface area (Å²) in [4.78, 5) is 15.0. The molecule has 1 aromatic heterocycles. The lowest BCUT2D eigenvalue weighted by Gasteiger charge is -2.07. The molecule has 0 fully saturated rings. The van der Waals surface area contributed by atoms with Crippen LogP contribution in [-0.2, 0) is 6.42 Å². The third kappa shape index (κ3) is 2.91. The second-order valence-corrected chi connectivity index (χ2v) is 5.19. The second-order valence-electron chi connectivity index (χ2n) is 3.93. The summed E-state index contributed by atoms with van der Waals surface area (Å²) in [6.45, 7) is 1.88. The van der Waals surface area contributed by atoms with Crippen molar-refractivity contribution in [2.24, 2.45) is 0 Å². The first-order chi connectivity index (χ1) is 8.56. The Labute approximate surface area is 108 Å². The maximum Gasteiger partial charge on any atom is 0.269 e. The molecular formula is C12H12N2O3S. The van der Waals surface area contributed by atoms with Crippen molar-refractivity contribution < 1.29 is 10.0 Å². The molecule has 0 aliphatic rings. The summed E-state index contributed by atoms with van der Waals surface area (Å²) in [6, 6.07) is 6.21. The third-order valence-electron chi connectivity index (χ3n) is 2.54. The van der Waals surface area contributed by atoms with Gasteiger partial charge in [0.2, 0.25) is 0 Å². The quantitative estimate of drug-likeness (QED) is 0.680. The molecule has 1 aromatic carbocycles. The molecule has 1 unspecified atom stereocenters. The SMILES string of the molecule is Cc1ncc(C(O)Cc2ccc([N+](=O)[O-])cc2)s1. The highest BCUT2D eigenvalue weighted by molar-refractivity contribution is 7.11. The molecule has 0 aliphatic heterocycles. The van der Waals surface area contributed by atoms with E-state index in [1.807, 2.05) is 6.92 Å². The number of aryl methyl sites for hydroxylation is 1. The number of nitrogens with zero attached hydrogens (tertiary/aromatic N) is 2. The number of aromatic nitrogens is 1. The van der Waals surface area contributed by atoms with Gasteiger partial charge in [0.05, 0.1) is 20.9 Å². The maximum atomic E-state index is 10.5. The minimum Gasteiger partial charge on any atom is -0.387 e. The van der Waals surface area contributed by atoms with Gasteiger partial charge >= 0.3 is 0 Å². The van der Waals surface area contributed by atoms with Crippen molar-refractivity contribution in [1.29, 1.82) is 0 Å². The van der Waals surface area contributed by atoms with Crippen molar-refractivity contribution in [2.45, 2.75) is 19.4 Å². The molecular weight excluding hydrogens is 252 g/mol. The molecule has 1 heterocycles. The number of rotatable bonds is 4. The summed E-state index contributed by atoms with van der Waals surface area (Å²) in [7, 11) is 0. The topological polar surface area (TPSA) is 76.3 Å². The van der Waals surface area contributed by atoms with Gasteiger partial charge in [0.15, 0.2) is 0 Å². The number of nitro groups is 1. The lowest BCUT2D eigenvalue weighted by Crippen LogP contribution is -1.99. The second kappa shape index (κ2) is 5.24. The lowest BCUT2D eigenvalue weighted by molar-refractivity contribution is -0.384. The Morgan fingerprint density at radius 1 is 1.44 bits per heavy atom. The average Bonchev–Trinajstić information content (AvgIpc) is 2.76. The average molecular weight is 264 g/mol. The van der Waals surface area contributed by atoms with E-state index in [1.165, 1.54) is 23.5 Å². The number of non-ortho nitro benzene ring substituents is 1. The number of thiazole rings is 1. The van der Waals surface area contributed by atoms with E-state index in [2.05, 4.69) is 4.98 Å². The van der Waals surface area contributed by atoms with Crippen LogP contribution in [0.15, 0.2) is 30.5 Å². The van der Waals surface area contributed by atoms with Crippen LogP contribution in [0.4, 0.5) is 5.69 Å². The molecule has 0 aliphatic carbocycles. The third-order valence-corrected chi connectivity index (χ3v) is 3.56. The lowest BCUT2D eigenvalue weighted by atomic mass is 10.1. The standard InChI is InChI=1S/C12H12N2O3S/c1-8-13-7-12(18-8)11(15)6-9-2-4-10(5-3-9)14(16)17/h2-5,7,11,15H,6H2,1H3. The predicted molar refractivity (Wildman–Crippen MR) is 68.6 cm³/mol. The van der Waals surface area contributed by atoms with E-state index in [9.17, 15) is 15.2 Å². The first kappa shape index (κ1) is 12.7. The van der Waals surface area contributed by atoms with E-state index in [-0.39, 0.29) is 5.69 Å². The number of aliphatic hydroxyl groups is 1. The van der Waals surface area contributed by atoms with Crippen molar-refractivity contribution in [3.8, 4) is 0 Å². The Morgan fingerprint density at radius 3 is 2.61 bits per heavy atom. The van der Waals surface area contributed by atoms with Gasteiger partial charge in [0.25, 0.3) is 5.69 Å². The van der Waals surface area contributed by atoms with Crippen LogP contribution in [-0.4, -0.2) is 15.0 Å². The molecule has 2 rings (SSSR count). The molecule has 0 bridgehead atoms. The summed E-state index contributed by atoms with van der Waals surface area (Å²) in [5.74, 6) is 0. The van der Waals surface area contributed by atoms with Gasteiger partial charge in [-0.2, -0.15) is 0 Å².